The quantitative estimate of drug-likeness (QED) is 0.660. The van der Waals surface area contributed by atoms with E-state index in [1.807, 2.05) is 12.1 Å². The van der Waals surface area contributed by atoms with Crippen LogP contribution in [-0.2, 0) is 11.2 Å². The van der Waals surface area contributed by atoms with Gasteiger partial charge in [-0.25, -0.2) is 0 Å². The standard InChI is InChI=1S/C27H31N3O3/c28-20-22-9-12-23(13-10-22)27(32)29-15-4-8-26(31)30-16-2-1-6-24(30)14-11-21-5-3-7-25(19-21)33-18-17-29/h3,5,7,9-10,12-13,19,24H,1-2,4,6,8,11,14-18H2. The lowest BCUT2D eigenvalue weighted by Crippen LogP contribution is -2.44. The molecule has 2 bridgehead atoms. The van der Waals surface area contributed by atoms with Gasteiger partial charge in [-0.05, 0) is 80.5 Å². The van der Waals surface area contributed by atoms with Gasteiger partial charge in [0.2, 0.25) is 5.91 Å². The Morgan fingerprint density at radius 2 is 1.82 bits per heavy atom. The van der Waals surface area contributed by atoms with Crippen LogP contribution in [0.3, 0.4) is 0 Å². The fourth-order valence-electron chi connectivity index (χ4n) is 4.78. The fraction of sp³-hybridized carbons (Fsp3) is 0.444. The third kappa shape index (κ3) is 5.92. The summed E-state index contributed by atoms with van der Waals surface area (Å²) in [5.41, 5.74) is 2.27. The molecule has 2 aliphatic heterocycles. The number of carbonyl (C=O) groups excluding carboxylic acids is 2. The van der Waals surface area contributed by atoms with Crippen LogP contribution < -0.4 is 4.74 Å². The molecule has 6 nitrogen and oxygen atoms in total. The zero-order valence-corrected chi connectivity index (χ0v) is 19.0. The van der Waals surface area contributed by atoms with Crippen LogP contribution >= 0.6 is 0 Å². The first-order valence-corrected chi connectivity index (χ1v) is 11.9. The molecule has 2 amide bonds. The monoisotopic (exact) mass is 445 g/mol. The Hall–Kier alpha value is -3.33. The summed E-state index contributed by atoms with van der Waals surface area (Å²) >= 11 is 0. The summed E-state index contributed by atoms with van der Waals surface area (Å²) in [6, 6.07) is 17.2. The third-order valence-electron chi connectivity index (χ3n) is 6.61. The molecule has 6 heteroatoms. The minimum absolute atomic E-state index is 0.107. The Morgan fingerprint density at radius 1 is 0.970 bits per heavy atom. The van der Waals surface area contributed by atoms with Crippen molar-refractivity contribution in [2.75, 3.05) is 26.2 Å². The first-order chi connectivity index (χ1) is 16.1. The summed E-state index contributed by atoms with van der Waals surface area (Å²) in [5, 5.41) is 9.02. The van der Waals surface area contributed by atoms with Gasteiger partial charge in [-0.1, -0.05) is 12.1 Å². The number of ether oxygens (including phenoxy) is 1. The summed E-state index contributed by atoms with van der Waals surface area (Å²) in [6.07, 6.45) is 6.26. The molecule has 0 saturated carbocycles. The Balaban J connectivity index is 1.52. The van der Waals surface area contributed by atoms with E-state index in [0.717, 1.165) is 38.0 Å². The molecule has 2 aromatic rings. The van der Waals surface area contributed by atoms with Crippen molar-refractivity contribution in [1.29, 1.82) is 5.26 Å². The van der Waals surface area contributed by atoms with Crippen molar-refractivity contribution in [3.63, 3.8) is 0 Å². The molecular weight excluding hydrogens is 414 g/mol. The molecule has 1 saturated heterocycles. The first kappa shape index (κ1) is 22.8. The van der Waals surface area contributed by atoms with Gasteiger partial charge < -0.3 is 14.5 Å². The molecule has 0 aromatic heterocycles. The highest BCUT2D eigenvalue weighted by Gasteiger charge is 2.26. The highest BCUT2D eigenvalue weighted by Crippen LogP contribution is 2.24. The zero-order valence-electron chi connectivity index (χ0n) is 19.0. The van der Waals surface area contributed by atoms with Crippen molar-refractivity contribution in [3.05, 3.63) is 65.2 Å². The fourth-order valence-corrected chi connectivity index (χ4v) is 4.78. The van der Waals surface area contributed by atoms with Crippen molar-refractivity contribution in [1.82, 2.24) is 9.80 Å². The average Bonchev–Trinajstić information content (AvgIpc) is 2.86. The van der Waals surface area contributed by atoms with Crippen LogP contribution in [0.25, 0.3) is 0 Å². The van der Waals surface area contributed by atoms with Crippen LogP contribution in [0.1, 0.15) is 60.0 Å². The minimum Gasteiger partial charge on any atom is -0.492 e. The van der Waals surface area contributed by atoms with E-state index in [1.54, 1.807) is 29.2 Å². The average molecular weight is 446 g/mol. The Labute approximate surface area is 195 Å². The lowest BCUT2D eigenvalue weighted by molar-refractivity contribution is -0.135. The normalized spacial score (nSPS) is 20.0. The number of benzene rings is 2. The molecule has 0 N–H and O–H groups in total. The van der Waals surface area contributed by atoms with Crippen molar-refractivity contribution in [3.8, 4) is 11.8 Å². The van der Waals surface area contributed by atoms with E-state index in [1.165, 1.54) is 12.0 Å². The molecule has 33 heavy (non-hydrogen) atoms. The smallest absolute Gasteiger partial charge is 0.253 e. The highest BCUT2D eigenvalue weighted by atomic mass is 16.5. The van der Waals surface area contributed by atoms with Crippen molar-refractivity contribution in [2.45, 2.75) is 51.0 Å². The summed E-state index contributed by atoms with van der Waals surface area (Å²) in [5.74, 6) is 0.902. The second kappa shape index (κ2) is 11.0. The first-order valence-electron chi connectivity index (χ1n) is 11.9. The van der Waals surface area contributed by atoms with Gasteiger partial charge in [0.25, 0.3) is 5.91 Å². The van der Waals surface area contributed by atoms with Gasteiger partial charge >= 0.3 is 0 Å². The molecule has 4 rings (SSSR count). The topological polar surface area (TPSA) is 73.6 Å². The second-order valence-corrected chi connectivity index (χ2v) is 8.86. The molecule has 1 unspecified atom stereocenters. The lowest BCUT2D eigenvalue weighted by atomic mass is 9.95. The zero-order chi connectivity index (χ0) is 23.0. The molecule has 1 atom stereocenters. The molecule has 2 aliphatic rings. The predicted octanol–water partition coefficient (Wildman–Crippen LogP) is 4.19. The Bertz CT molecular complexity index is 1010. The summed E-state index contributed by atoms with van der Waals surface area (Å²) < 4.78 is 5.99. The maximum Gasteiger partial charge on any atom is 0.253 e. The van der Waals surface area contributed by atoms with Gasteiger partial charge in [0.05, 0.1) is 18.2 Å². The molecular formula is C27H31N3O3. The number of nitrogens with zero attached hydrogens (tertiary/aromatic N) is 3. The van der Waals surface area contributed by atoms with Crippen LogP contribution in [0.2, 0.25) is 0 Å². The number of amides is 2. The van der Waals surface area contributed by atoms with Gasteiger partial charge in [-0.2, -0.15) is 5.26 Å². The van der Waals surface area contributed by atoms with Crippen LogP contribution in [-0.4, -0.2) is 53.9 Å². The Kier molecular flexibility index (Phi) is 7.62. The molecule has 2 aromatic carbocycles. The van der Waals surface area contributed by atoms with Gasteiger partial charge in [0.1, 0.15) is 12.4 Å². The van der Waals surface area contributed by atoms with E-state index in [9.17, 15) is 9.59 Å². The number of hydrogen-bond donors (Lipinski definition) is 0. The number of carbonyl (C=O) groups is 2. The molecule has 0 aliphatic carbocycles. The maximum atomic E-state index is 13.2. The summed E-state index contributed by atoms with van der Waals surface area (Å²) in [6.45, 7) is 2.14. The molecule has 0 spiro atoms. The van der Waals surface area contributed by atoms with Crippen molar-refractivity contribution < 1.29 is 14.3 Å². The number of rotatable bonds is 1. The summed E-state index contributed by atoms with van der Waals surface area (Å²) in [7, 11) is 0. The van der Waals surface area contributed by atoms with Gasteiger partial charge in [0, 0.05) is 31.1 Å². The summed E-state index contributed by atoms with van der Waals surface area (Å²) in [4.78, 5) is 30.1. The van der Waals surface area contributed by atoms with Crippen LogP contribution in [0.4, 0.5) is 0 Å². The molecule has 1 fully saturated rings. The number of piperidine rings is 1. The van der Waals surface area contributed by atoms with Gasteiger partial charge in [-0.15, -0.1) is 0 Å². The number of fused-ring (bicyclic) bond motifs is 3. The minimum atomic E-state index is -0.107. The van der Waals surface area contributed by atoms with Crippen LogP contribution in [0, 0.1) is 11.3 Å². The van der Waals surface area contributed by atoms with E-state index < -0.39 is 0 Å². The number of aryl methyl sites for hydroxylation is 1. The van der Waals surface area contributed by atoms with E-state index in [4.69, 9.17) is 10.00 Å². The number of nitriles is 1. The van der Waals surface area contributed by atoms with E-state index in [0.29, 0.717) is 43.7 Å². The maximum absolute atomic E-state index is 13.2. The third-order valence-corrected chi connectivity index (χ3v) is 6.61. The van der Waals surface area contributed by atoms with E-state index in [-0.39, 0.29) is 17.9 Å². The second-order valence-electron chi connectivity index (χ2n) is 8.86. The van der Waals surface area contributed by atoms with E-state index in [2.05, 4.69) is 23.1 Å². The SMILES string of the molecule is N#Cc1ccc(C(=O)N2CCCC(=O)N3CCCCC3CCc3cccc(c3)OCC2)cc1. The Morgan fingerprint density at radius 3 is 2.64 bits per heavy atom. The van der Waals surface area contributed by atoms with E-state index >= 15 is 0 Å². The van der Waals surface area contributed by atoms with Crippen molar-refractivity contribution >= 4 is 11.8 Å². The van der Waals surface area contributed by atoms with Crippen molar-refractivity contribution in [2.24, 2.45) is 0 Å². The highest BCUT2D eigenvalue weighted by molar-refractivity contribution is 5.94. The van der Waals surface area contributed by atoms with Crippen LogP contribution in [0.5, 0.6) is 5.75 Å². The number of hydrogen-bond acceptors (Lipinski definition) is 4. The predicted molar refractivity (Wildman–Crippen MR) is 126 cm³/mol. The largest absolute Gasteiger partial charge is 0.492 e. The lowest BCUT2D eigenvalue weighted by Gasteiger charge is -2.36. The van der Waals surface area contributed by atoms with Crippen LogP contribution in [0.15, 0.2) is 48.5 Å². The van der Waals surface area contributed by atoms with Gasteiger partial charge in [-0.3, -0.25) is 9.59 Å². The molecule has 172 valence electrons. The molecule has 0 radical (unpaired) electrons. The molecule has 2 heterocycles. The van der Waals surface area contributed by atoms with Gasteiger partial charge in [0.15, 0.2) is 0 Å².